The van der Waals surface area contributed by atoms with E-state index in [0.29, 0.717) is 23.7 Å². The topological polar surface area (TPSA) is 68.9 Å². The first-order valence-electron chi connectivity index (χ1n) is 6.71. The van der Waals surface area contributed by atoms with E-state index in [9.17, 15) is 4.79 Å². The summed E-state index contributed by atoms with van der Waals surface area (Å²) in [7, 11) is 0. The van der Waals surface area contributed by atoms with E-state index in [0.717, 1.165) is 5.56 Å². The van der Waals surface area contributed by atoms with Crippen LogP contribution in [0.4, 0.5) is 5.82 Å². The standard InChI is InChI=1S/C16H19N3O/c1-11(2)13-5-3-12(4-6-13)7-15(20)8-14-9-18-10-19-16(14)17/h3-6,9-11H,7-8H2,1-2H3,(H2,17,18,19). The average Bonchev–Trinajstić information content (AvgIpc) is 2.42. The van der Waals surface area contributed by atoms with E-state index in [2.05, 4.69) is 35.9 Å². The first-order valence-corrected chi connectivity index (χ1v) is 6.71. The van der Waals surface area contributed by atoms with Gasteiger partial charge in [0, 0.05) is 24.6 Å². The van der Waals surface area contributed by atoms with Crippen molar-refractivity contribution in [1.82, 2.24) is 9.97 Å². The number of benzene rings is 1. The van der Waals surface area contributed by atoms with Crippen molar-refractivity contribution in [3.8, 4) is 0 Å². The summed E-state index contributed by atoms with van der Waals surface area (Å²) in [5.41, 5.74) is 8.71. The maximum Gasteiger partial charge on any atom is 0.141 e. The van der Waals surface area contributed by atoms with Crippen molar-refractivity contribution in [3.05, 3.63) is 53.5 Å². The summed E-state index contributed by atoms with van der Waals surface area (Å²) >= 11 is 0. The van der Waals surface area contributed by atoms with Gasteiger partial charge in [-0.2, -0.15) is 0 Å². The quantitative estimate of drug-likeness (QED) is 0.905. The van der Waals surface area contributed by atoms with Gasteiger partial charge in [0.1, 0.15) is 17.9 Å². The van der Waals surface area contributed by atoms with E-state index in [1.165, 1.54) is 11.9 Å². The molecule has 4 nitrogen and oxygen atoms in total. The zero-order chi connectivity index (χ0) is 14.5. The summed E-state index contributed by atoms with van der Waals surface area (Å²) in [5.74, 6) is 0.994. The number of ketones is 1. The van der Waals surface area contributed by atoms with Gasteiger partial charge in [-0.3, -0.25) is 4.79 Å². The van der Waals surface area contributed by atoms with Crippen LogP contribution in [-0.4, -0.2) is 15.8 Å². The minimum Gasteiger partial charge on any atom is -0.383 e. The van der Waals surface area contributed by atoms with E-state index in [1.54, 1.807) is 6.20 Å². The molecule has 1 heterocycles. The second kappa shape index (κ2) is 6.28. The Morgan fingerprint density at radius 2 is 1.90 bits per heavy atom. The highest BCUT2D eigenvalue weighted by Crippen LogP contribution is 2.15. The number of carbonyl (C=O) groups excluding carboxylic acids is 1. The van der Waals surface area contributed by atoms with E-state index in [-0.39, 0.29) is 12.2 Å². The molecule has 0 amide bonds. The van der Waals surface area contributed by atoms with Crippen LogP contribution in [0.2, 0.25) is 0 Å². The second-order valence-corrected chi connectivity index (χ2v) is 5.22. The molecular weight excluding hydrogens is 250 g/mol. The lowest BCUT2D eigenvalue weighted by Crippen LogP contribution is -2.09. The number of Topliss-reactive ketones (excluding diaryl/α,β-unsaturated/α-hetero) is 1. The number of hydrogen-bond donors (Lipinski definition) is 1. The second-order valence-electron chi connectivity index (χ2n) is 5.22. The molecule has 0 aliphatic carbocycles. The summed E-state index contributed by atoms with van der Waals surface area (Å²) in [6, 6.07) is 8.18. The van der Waals surface area contributed by atoms with Gasteiger partial charge in [-0.15, -0.1) is 0 Å². The Morgan fingerprint density at radius 3 is 2.50 bits per heavy atom. The van der Waals surface area contributed by atoms with Crippen LogP contribution in [0.3, 0.4) is 0 Å². The van der Waals surface area contributed by atoms with Gasteiger partial charge in [-0.25, -0.2) is 9.97 Å². The van der Waals surface area contributed by atoms with Crippen LogP contribution in [0.25, 0.3) is 0 Å². The predicted molar refractivity (Wildman–Crippen MR) is 79.4 cm³/mol. The lowest BCUT2D eigenvalue weighted by atomic mass is 9.99. The summed E-state index contributed by atoms with van der Waals surface area (Å²) in [6.45, 7) is 4.30. The van der Waals surface area contributed by atoms with Crippen LogP contribution in [0, 0.1) is 0 Å². The molecule has 0 saturated carbocycles. The highest BCUT2D eigenvalue weighted by atomic mass is 16.1. The lowest BCUT2D eigenvalue weighted by molar-refractivity contribution is -0.117. The van der Waals surface area contributed by atoms with Gasteiger partial charge in [0.25, 0.3) is 0 Å². The number of nitrogen functional groups attached to an aromatic ring is 1. The van der Waals surface area contributed by atoms with Crippen molar-refractivity contribution in [2.75, 3.05) is 5.73 Å². The van der Waals surface area contributed by atoms with E-state index >= 15 is 0 Å². The van der Waals surface area contributed by atoms with Crippen molar-refractivity contribution in [1.29, 1.82) is 0 Å². The molecule has 0 saturated heterocycles. The third-order valence-electron chi connectivity index (χ3n) is 3.26. The summed E-state index contributed by atoms with van der Waals surface area (Å²) in [6.07, 6.45) is 3.67. The Morgan fingerprint density at radius 1 is 1.20 bits per heavy atom. The molecule has 1 aromatic heterocycles. The molecule has 2 rings (SSSR count). The molecule has 2 aromatic rings. The Kier molecular flexibility index (Phi) is 4.45. The molecule has 0 fully saturated rings. The fourth-order valence-electron chi connectivity index (χ4n) is 2.03. The monoisotopic (exact) mass is 269 g/mol. The number of anilines is 1. The Hall–Kier alpha value is -2.23. The van der Waals surface area contributed by atoms with Crippen molar-refractivity contribution in [2.45, 2.75) is 32.6 Å². The van der Waals surface area contributed by atoms with Gasteiger partial charge >= 0.3 is 0 Å². The van der Waals surface area contributed by atoms with Gasteiger partial charge in [0.15, 0.2) is 0 Å². The van der Waals surface area contributed by atoms with Crippen LogP contribution in [0.5, 0.6) is 0 Å². The molecule has 0 bridgehead atoms. The zero-order valence-corrected chi connectivity index (χ0v) is 11.8. The largest absolute Gasteiger partial charge is 0.383 e. The molecule has 4 heteroatoms. The number of carbonyl (C=O) groups is 1. The molecule has 0 unspecified atom stereocenters. The van der Waals surface area contributed by atoms with Gasteiger partial charge in [0.05, 0.1) is 0 Å². The van der Waals surface area contributed by atoms with Crippen molar-refractivity contribution < 1.29 is 4.79 Å². The molecular formula is C16H19N3O. The predicted octanol–water partition coefficient (Wildman–Crippen LogP) is 2.54. The fraction of sp³-hybridized carbons (Fsp3) is 0.312. The number of hydrogen-bond acceptors (Lipinski definition) is 4. The number of aromatic nitrogens is 2. The molecule has 0 radical (unpaired) electrons. The molecule has 0 atom stereocenters. The number of rotatable bonds is 5. The molecule has 0 aliphatic heterocycles. The van der Waals surface area contributed by atoms with Crippen LogP contribution in [0.15, 0.2) is 36.8 Å². The minimum atomic E-state index is 0.115. The zero-order valence-electron chi connectivity index (χ0n) is 11.8. The van der Waals surface area contributed by atoms with Crippen molar-refractivity contribution in [3.63, 3.8) is 0 Å². The Balaban J connectivity index is 1.99. The molecule has 1 aromatic carbocycles. The highest BCUT2D eigenvalue weighted by Gasteiger charge is 2.09. The van der Waals surface area contributed by atoms with Crippen molar-refractivity contribution >= 4 is 11.6 Å². The van der Waals surface area contributed by atoms with E-state index in [4.69, 9.17) is 5.73 Å². The van der Waals surface area contributed by atoms with Crippen molar-refractivity contribution in [2.24, 2.45) is 0 Å². The van der Waals surface area contributed by atoms with Crippen LogP contribution < -0.4 is 5.73 Å². The maximum atomic E-state index is 12.0. The summed E-state index contributed by atoms with van der Waals surface area (Å²) in [4.78, 5) is 19.8. The van der Waals surface area contributed by atoms with Gasteiger partial charge < -0.3 is 5.73 Å². The summed E-state index contributed by atoms with van der Waals surface area (Å²) < 4.78 is 0. The van der Waals surface area contributed by atoms with E-state index in [1.807, 2.05) is 12.1 Å². The molecule has 0 aliphatic rings. The van der Waals surface area contributed by atoms with Gasteiger partial charge in [-0.1, -0.05) is 38.1 Å². The third kappa shape index (κ3) is 3.63. The summed E-state index contributed by atoms with van der Waals surface area (Å²) in [5, 5.41) is 0. The molecule has 0 spiro atoms. The van der Waals surface area contributed by atoms with Gasteiger partial charge in [-0.05, 0) is 17.0 Å². The molecule has 20 heavy (non-hydrogen) atoms. The van der Waals surface area contributed by atoms with Gasteiger partial charge in [0.2, 0.25) is 0 Å². The third-order valence-corrected chi connectivity index (χ3v) is 3.26. The van der Waals surface area contributed by atoms with Crippen LogP contribution in [-0.2, 0) is 17.6 Å². The SMILES string of the molecule is CC(C)c1ccc(CC(=O)Cc2cncnc2N)cc1. The fourth-order valence-corrected chi connectivity index (χ4v) is 2.03. The maximum absolute atomic E-state index is 12.0. The Bertz CT molecular complexity index is 591. The molecule has 2 N–H and O–H groups in total. The first kappa shape index (κ1) is 14.2. The first-order chi connectivity index (χ1) is 9.56. The normalized spacial score (nSPS) is 10.8. The van der Waals surface area contributed by atoms with E-state index < -0.39 is 0 Å². The smallest absolute Gasteiger partial charge is 0.141 e. The Labute approximate surface area is 119 Å². The number of nitrogens with zero attached hydrogens (tertiary/aromatic N) is 2. The van der Waals surface area contributed by atoms with Crippen LogP contribution in [0.1, 0.15) is 36.5 Å². The number of nitrogens with two attached hydrogens (primary N) is 1. The minimum absolute atomic E-state index is 0.115. The lowest BCUT2D eigenvalue weighted by Gasteiger charge is -2.07. The average molecular weight is 269 g/mol. The molecule has 104 valence electrons. The highest BCUT2D eigenvalue weighted by molar-refractivity contribution is 5.83. The van der Waals surface area contributed by atoms with Crippen LogP contribution >= 0.6 is 0 Å².